The standard InChI is InChI=1S/C24H23FN4O5/c25-17-3-1-14-2-6-20(30)29-12-15(21(17)22(14)29)11-26-8-7-16-13-28(24(31)34-16)19-5-4-18-23(27-19)33-10-9-32-18/h1-6,15-16,26H,7-13H2/t15-,16-/m0/s1. The van der Waals surface area contributed by atoms with Gasteiger partial charge < -0.3 is 24.1 Å². The van der Waals surface area contributed by atoms with E-state index in [9.17, 15) is 14.0 Å². The van der Waals surface area contributed by atoms with Crippen LogP contribution in [0, 0.1) is 5.82 Å². The van der Waals surface area contributed by atoms with Crippen molar-refractivity contribution in [3.05, 3.63) is 58.1 Å². The number of nitrogens with one attached hydrogen (secondary N) is 1. The van der Waals surface area contributed by atoms with Crippen LogP contribution in [-0.4, -0.2) is 54.6 Å². The van der Waals surface area contributed by atoms with Crippen LogP contribution >= 0.6 is 0 Å². The maximum atomic E-state index is 14.6. The van der Waals surface area contributed by atoms with Gasteiger partial charge in [0.25, 0.3) is 11.4 Å². The van der Waals surface area contributed by atoms with E-state index in [-0.39, 0.29) is 23.4 Å². The van der Waals surface area contributed by atoms with Gasteiger partial charge in [-0.3, -0.25) is 9.69 Å². The molecule has 1 aromatic carbocycles. The number of halogens is 1. The molecular weight excluding hydrogens is 443 g/mol. The zero-order valence-corrected chi connectivity index (χ0v) is 18.3. The molecule has 2 aromatic heterocycles. The molecule has 0 saturated carbocycles. The van der Waals surface area contributed by atoms with Gasteiger partial charge in [0, 0.05) is 30.6 Å². The third kappa shape index (κ3) is 3.54. The van der Waals surface area contributed by atoms with E-state index in [0.717, 1.165) is 5.39 Å². The Balaban J connectivity index is 1.06. The summed E-state index contributed by atoms with van der Waals surface area (Å²) in [6.45, 7) is 2.82. The van der Waals surface area contributed by atoms with E-state index in [1.165, 1.54) is 17.0 Å². The molecule has 1 N–H and O–H groups in total. The van der Waals surface area contributed by atoms with Crippen LogP contribution < -0.4 is 25.2 Å². The summed E-state index contributed by atoms with van der Waals surface area (Å²) in [5.41, 5.74) is 1.16. The van der Waals surface area contributed by atoms with Gasteiger partial charge in [-0.25, -0.2) is 9.18 Å². The summed E-state index contributed by atoms with van der Waals surface area (Å²) in [4.78, 5) is 30.5. The molecule has 3 aliphatic rings. The Kier molecular flexibility index (Phi) is 5.09. The lowest BCUT2D eigenvalue weighted by Gasteiger charge is -2.19. The fourth-order valence-corrected chi connectivity index (χ4v) is 4.91. The molecule has 3 aliphatic heterocycles. The largest absolute Gasteiger partial charge is 0.484 e. The van der Waals surface area contributed by atoms with Gasteiger partial charge in [-0.2, -0.15) is 4.98 Å². The predicted molar refractivity (Wildman–Crippen MR) is 121 cm³/mol. The third-order valence-corrected chi connectivity index (χ3v) is 6.52. The number of cyclic esters (lactones) is 1. The van der Waals surface area contributed by atoms with E-state index in [0.29, 0.717) is 74.3 Å². The van der Waals surface area contributed by atoms with E-state index >= 15 is 0 Å². The Morgan fingerprint density at radius 1 is 1.06 bits per heavy atom. The topological polar surface area (TPSA) is 94.9 Å². The molecule has 0 unspecified atom stereocenters. The predicted octanol–water partition coefficient (Wildman–Crippen LogP) is 2.41. The lowest BCUT2D eigenvalue weighted by atomic mass is 9.99. The van der Waals surface area contributed by atoms with Gasteiger partial charge in [0.2, 0.25) is 0 Å². The highest BCUT2D eigenvalue weighted by Crippen LogP contribution is 2.34. The first-order valence-electron chi connectivity index (χ1n) is 11.4. The maximum absolute atomic E-state index is 14.6. The zero-order valence-electron chi connectivity index (χ0n) is 18.3. The number of aromatic nitrogens is 2. The van der Waals surface area contributed by atoms with E-state index in [2.05, 4.69) is 10.3 Å². The Morgan fingerprint density at radius 3 is 2.82 bits per heavy atom. The number of nitrogens with zero attached hydrogens (tertiary/aromatic N) is 3. The van der Waals surface area contributed by atoms with Crippen LogP contribution in [0.25, 0.3) is 10.9 Å². The highest BCUT2D eigenvalue weighted by Gasteiger charge is 2.34. The van der Waals surface area contributed by atoms with Gasteiger partial charge in [-0.15, -0.1) is 0 Å². The number of pyridine rings is 2. The molecule has 1 saturated heterocycles. The Labute approximate surface area is 194 Å². The molecule has 34 heavy (non-hydrogen) atoms. The maximum Gasteiger partial charge on any atom is 0.415 e. The van der Waals surface area contributed by atoms with Crippen LogP contribution in [0.3, 0.4) is 0 Å². The molecule has 2 atom stereocenters. The smallest absolute Gasteiger partial charge is 0.415 e. The normalized spacial score (nSPS) is 20.7. The first-order chi connectivity index (χ1) is 16.6. The first kappa shape index (κ1) is 20.9. The molecule has 0 aliphatic carbocycles. The van der Waals surface area contributed by atoms with Crippen molar-refractivity contribution in [3.63, 3.8) is 0 Å². The summed E-state index contributed by atoms with van der Waals surface area (Å²) in [6, 6.07) is 9.88. The number of carbonyl (C=O) groups is 1. The number of rotatable bonds is 6. The summed E-state index contributed by atoms with van der Waals surface area (Å²) in [5.74, 6) is 0.974. The molecule has 176 valence electrons. The van der Waals surface area contributed by atoms with Crippen molar-refractivity contribution < 1.29 is 23.4 Å². The molecule has 1 amide bonds. The van der Waals surface area contributed by atoms with Gasteiger partial charge in [-0.1, -0.05) is 0 Å². The second-order valence-electron chi connectivity index (χ2n) is 8.66. The van der Waals surface area contributed by atoms with Gasteiger partial charge in [0.1, 0.15) is 31.0 Å². The Hall–Kier alpha value is -3.66. The van der Waals surface area contributed by atoms with Crippen molar-refractivity contribution in [3.8, 4) is 11.6 Å². The molecule has 3 aromatic rings. The molecular formula is C24H23FN4O5. The number of hydrogen-bond acceptors (Lipinski definition) is 7. The Bertz CT molecular complexity index is 1340. The number of carbonyl (C=O) groups excluding carboxylic acids is 1. The minimum Gasteiger partial charge on any atom is -0.484 e. The average Bonchev–Trinajstić information content (AvgIpc) is 3.42. The number of hydrogen-bond donors (Lipinski definition) is 1. The lowest BCUT2D eigenvalue weighted by Crippen LogP contribution is -2.29. The molecule has 0 bridgehead atoms. The summed E-state index contributed by atoms with van der Waals surface area (Å²) in [6.07, 6.45) is -0.147. The average molecular weight is 466 g/mol. The van der Waals surface area contributed by atoms with Gasteiger partial charge in [-0.05, 0) is 48.7 Å². The van der Waals surface area contributed by atoms with Crippen molar-refractivity contribution >= 4 is 22.8 Å². The van der Waals surface area contributed by atoms with Gasteiger partial charge in [0.15, 0.2) is 5.75 Å². The highest BCUT2D eigenvalue weighted by atomic mass is 19.1. The summed E-state index contributed by atoms with van der Waals surface area (Å²) >= 11 is 0. The Morgan fingerprint density at radius 2 is 1.91 bits per heavy atom. The number of anilines is 1. The summed E-state index contributed by atoms with van der Waals surface area (Å²) in [5, 5.41) is 4.21. The molecule has 0 radical (unpaired) electrons. The van der Waals surface area contributed by atoms with Gasteiger partial charge in [0.05, 0.1) is 12.1 Å². The van der Waals surface area contributed by atoms with Gasteiger partial charge >= 0.3 is 6.09 Å². The molecule has 1 fully saturated rings. The van der Waals surface area contributed by atoms with Crippen molar-refractivity contribution in [1.29, 1.82) is 0 Å². The van der Waals surface area contributed by atoms with Crippen LogP contribution in [-0.2, 0) is 11.3 Å². The van der Waals surface area contributed by atoms with E-state index in [4.69, 9.17) is 14.2 Å². The number of amides is 1. The van der Waals surface area contributed by atoms with Crippen LogP contribution in [0.4, 0.5) is 15.0 Å². The van der Waals surface area contributed by atoms with Crippen LogP contribution in [0.2, 0.25) is 0 Å². The number of ether oxygens (including phenoxy) is 3. The number of benzene rings is 1. The van der Waals surface area contributed by atoms with Crippen molar-refractivity contribution in [2.75, 3.05) is 37.7 Å². The molecule has 0 spiro atoms. The van der Waals surface area contributed by atoms with Crippen molar-refractivity contribution in [2.24, 2.45) is 0 Å². The van der Waals surface area contributed by atoms with E-state index in [1.807, 2.05) is 0 Å². The van der Waals surface area contributed by atoms with E-state index < -0.39 is 6.09 Å². The fraction of sp³-hybridized carbons (Fsp3) is 0.375. The summed E-state index contributed by atoms with van der Waals surface area (Å²) in [7, 11) is 0. The highest BCUT2D eigenvalue weighted by molar-refractivity contribution is 5.88. The molecule has 5 heterocycles. The van der Waals surface area contributed by atoms with Crippen molar-refractivity contribution in [1.82, 2.24) is 14.9 Å². The zero-order chi connectivity index (χ0) is 23.2. The second-order valence-corrected chi connectivity index (χ2v) is 8.66. The van der Waals surface area contributed by atoms with Crippen molar-refractivity contribution in [2.45, 2.75) is 25.0 Å². The monoisotopic (exact) mass is 466 g/mol. The fourth-order valence-electron chi connectivity index (χ4n) is 4.91. The molecule has 9 nitrogen and oxygen atoms in total. The second kappa shape index (κ2) is 8.28. The molecule has 6 rings (SSSR count). The number of fused-ring (bicyclic) bond motifs is 1. The van der Waals surface area contributed by atoms with E-state index in [1.54, 1.807) is 28.8 Å². The quantitative estimate of drug-likeness (QED) is 0.558. The lowest BCUT2D eigenvalue weighted by molar-refractivity contribution is 0.136. The van der Waals surface area contributed by atoms with Crippen LogP contribution in [0.1, 0.15) is 17.9 Å². The third-order valence-electron chi connectivity index (χ3n) is 6.52. The SMILES string of the molecule is O=C1O[C@@H](CCNC[C@H]2Cn3c(=O)ccc4ccc(F)c2c43)CN1c1ccc2c(n1)OCCO2. The first-order valence-corrected chi connectivity index (χ1v) is 11.4. The molecule has 10 heteroatoms. The minimum atomic E-state index is -0.450. The van der Waals surface area contributed by atoms with Crippen LogP contribution in [0.5, 0.6) is 11.6 Å². The summed E-state index contributed by atoms with van der Waals surface area (Å²) < 4.78 is 32.7. The minimum absolute atomic E-state index is 0.118. The van der Waals surface area contributed by atoms with Crippen LogP contribution in [0.15, 0.2) is 41.2 Å².